The molecule has 1 unspecified atom stereocenters. The van der Waals surface area contributed by atoms with Crippen LogP contribution in [0.4, 0.5) is 5.69 Å². The maximum Gasteiger partial charge on any atom is 0.338 e. The molecule has 3 nitrogen and oxygen atoms in total. The lowest BCUT2D eigenvalue weighted by Gasteiger charge is -2.12. The Hall–Kier alpha value is -2.29. The van der Waals surface area contributed by atoms with Crippen molar-refractivity contribution in [3.05, 3.63) is 65.7 Å². The van der Waals surface area contributed by atoms with Gasteiger partial charge in [0.05, 0.1) is 12.1 Å². The largest absolute Gasteiger partial charge is 0.452 e. The van der Waals surface area contributed by atoms with E-state index in [4.69, 9.17) is 4.74 Å². The van der Waals surface area contributed by atoms with Crippen LogP contribution in [0, 0.1) is 0 Å². The Morgan fingerprint density at radius 2 is 1.78 bits per heavy atom. The number of hydrogen-bond acceptors (Lipinski definition) is 3. The fourth-order valence-corrected chi connectivity index (χ4v) is 2.13. The molecule has 0 fully saturated rings. The minimum Gasteiger partial charge on any atom is -0.452 e. The van der Waals surface area contributed by atoms with Crippen molar-refractivity contribution < 1.29 is 9.53 Å². The summed E-state index contributed by atoms with van der Waals surface area (Å²) in [5.41, 5.74) is 2.67. The standard InChI is InChI=1S/C15H13NO2/c17-15(11-6-2-1-3-7-11)18-14-10-16-13-9-5-4-8-12(13)14/h1-9,14,16H,10H2. The number of hydrogen-bond donors (Lipinski definition) is 1. The normalized spacial score (nSPS) is 16.8. The Kier molecular flexibility index (Phi) is 2.73. The van der Waals surface area contributed by atoms with Gasteiger partial charge >= 0.3 is 5.97 Å². The Morgan fingerprint density at radius 3 is 2.61 bits per heavy atom. The van der Waals surface area contributed by atoms with E-state index in [1.54, 1.807) is 12.1 Å². The van der Waals surface area contributed by atoms with Crippen molar-refractivity contribution in [1.29, 1.82) is 0 Å². The fraction of sp³-hybridized carbons (Fsp3) is 0.133. The van der Waals surface area contributed by atoms with Gasteiger partial charge in [0.1, 0.15) is 6.10 Å². The van der Waals surface area contributed by atoms with Crippen LogP contribution in [0.3, 0.4) is 0 Å². The van der Waals surface area contributed by atoms with E-state index in [9.17, 15) is 4.79 Å². The average Bonchev–Trinajstić information content (AvgIpc) is 2.83. The number of ether oxygens (including phenoxy) is 1. The molecule has 1 aliphatic rings. The molecule has 0 saturated carbocycles. The van der Waals surface area contributed by atoms with Crippen LogP contribution >= 0.6 is 0 Å². The molecule has 3 rings (SSSR count). The molecule has 90 valence electrons. The first-order chi connectivity index (χ1) is 8.84. The van der Waals surface area contributed by atoms with E-state index in [1.807, 2.05) is 42.5 Å². The molecule has 1 heterocycles. The van der Waals surface area contributed by atoms with Gasteiger partial charge in [0.25, 0.3) is 0 Å². The topological polar surface area (TPSA) is 38.3 Å². The SMILES string of the molecule is O=C(OC1CNc2ccccc21)c1ccccc1. The van der Waals surface area contributed by atoms with Crippen molar-refractivity contribution in [2.45, 2.75) is 6.10 Å². The van der Waals surface area contributed by atoms with Gasteiger partial charge in [-0.25, -0.2) is 4.79 Å². The van der Waals surface area contributed by atoms with Crippen molar-refractivity contribution >= 4 is 11.7 Å². The number of carbonyl (C=O) groups excluding carboxylic acids is 1. The summed E-state index contributed by atoms with van der Waals surface area (Å²) in [4.78, 5) is 12.0. The van der Waals surface area contributed by atoms with Gasteiger partial charge in [-0.2, -0.15) is 0 Å². The number of rotatable bonds is 2. The van der Waals surface area contributed by atoms with Gasteiger partial charge < -0.3 is 10.1 Å². The molecule has 0 saturated heterocycles. The number of anilines is 1. The summed E-state index contributed by atoms with van der Waals surface area (Å²) in [6.07, 6.45) is -0.200. The third kappa shape index (κ3) is 1.95. The van der Waals surface area contributed by atoms with E-state index >= 15 is 0 Å². The molecule has 1 aliphatic heterocycles. The monoisotopic (exact) mass is 239 g/mol. The lowest BCUT2D eigenvalue weighted by molar-refractivity contribution is 0.0339. The van der Waals surface area contributed by atoms with E-state index in [2.05, 4.69) is 5.32 Å². The minimum atomic E-state index is -0.279. The molecule has 2 aromatic carbocycles. The second kappa shape index (κ2) is 4.53. The number of carbonyl (C=O) groups is 1. The van der Waals surface area contributed by atoms with E-state index < -0.39 is 0 Å². The highest BCUT2D eigenvalue weighted by atomic mass is 16.5. The molecule has 18 heavy (non-hydrogen) atoms. The maximum absolute atomic E-state index is 12.0. The number of esters is 1. The van der Waals surface area contributed by atoms with E-state index in [-0.39, 0.29) is 12.1 Å². The zero-order valence-electron chi connectivity index (χ0n) is 9.80. The maximum atomic E-state index is 12.0. The highest BCUT2D eigenvalue weighted by molar-refractivity contribution is 5.89. The van der Waals surface area contributed by atoms with Gasteiger partial charge in [0.2, 0.25) is 0 Å². The van der Waals surface area contributed by atoms with Gasteiger partial charge in [0, 0.05) is 11.3 Å². The molecule has 0 amide bonds. The fourth-order valence-electron chi connectivity index (χ4n) is 2.13. The molecule has 2 aromatic rings. The third-order valence-corrected chi connectivity index (χ3v) is 3.04. The van der Waals surface area contributed by atoms with Gasteiger partial charge in [-0.15, -0.1) is 0 Å². The van der Waals surface area contributed by atoms with Crippen LogP contribution in [0.25, 0.3) is 0 Å². The van der Waals surface area contributed by atoms with Crippen molar-refractivity contribution in [2.24, 2.45) is 0 Å². The molecule has 0 spiro atoms. The molecule has 0 aromatic heterocycles. The number of para-hydroxylation sites is 1. The first-order valence-corrected chi connectivity index (χ1v) is 5.93. The Balaban J connectivity index is 1.77. The predicted octanol–water partition coefficient (Wildman–Crippen LogP) is 3.01. The second-order valence-corrected chi connectivity index (χ2v) is 4.23. The van der Waals surface area contributed by atoms with Crippen LogP contribution in [0.1, 0.15) is 22.0 Å². The first-order valence-electron chi connectivity index (χ1n) is 5.93. The summed E-state index contributed by atoms with van der Waals surface area (Å²) in [6.45, 7) is 0.637. The van der Waals surface area contributed by atoms with Crippen molar-refractivity contribution in [1.82, 2.24) is 0 Å². The van der Waals surface area contributed by atoms with Gasteiger partial charge in [-0.3, -0.25) is 0 Å². The minimum absolute atomic E-state index is 0.200. The Labute approximate surface area is 105 Å². The molecular formula is C15H13NO2. The molecule has 3 heteroatoms. The number of nitrogens with one attached hydrogen (secondary N) is 1. The zero-order valence-corrected chi connectivity index (χ0v) is 9.80. The first kappa shape index (κ1) is 10.8. The summed E-state index contributed by atoms with van der Waals surface area (Å²) in [5, 5.41) is 3.23. The predicted molar refractivity (Wildman–Crippen MR) is 69.5 cm³/mol. The highest BCUT2D eigenvalue weighted by Crippen LogP contribution is 2.32. The lowest BCUT2D eigenvalue weighted by atomic mass is 10.1. The average molecular weight is 239 g/mol. The summed E-state index contributed by atoms with van der Waals surface area (Å²) in [5.74, 6) is -0.279. The van der Waals surface area contributed by atoms with Crippen LogP contribution in [0.15, 0.2) is 54.6 Å². The second-order valence-electron chi connectivity index (χ2n) is 4.23. The van der Waals surface area contributed by atoms with Crippen LogP contribution in [-0.4, -0.2) is 12.5 Å². The Morgan fingerprint density at radius 1 is 1.06 bits per heavy atom. The van der Waals surface area contributed by atoms with Crippen LogP contribution < -0.4 is 5.32 Å². The summed E-state index contributed by atoms with van der Waals surface area (Å²) in [7, 11) is 0. The zero-order chi connectivity index (χ0) is 12.4. The quantitative estimate of drug-likeness (QED) is 0.819. The lowest BCUT2D eigenvalue weighted by Crippen LogP contribution is -2.13. The van der Waals surface area contributed by atoms with E-state index in [0.29, 0.717) is 12.1 Å². The smallest absolute Gasteiger partial charge is 0.338 e. The Bertz CT molecular complexity index is 566. The highest BCUT2D eigenvalue weighted by Gasteiger charge is 2.25. The van der Waals surface area contributed by atoms with Gasteiger partial charge in [-0.1, -0.05) is 36.4 Å². The molecule has 0 aliphatic carbocycles. The van der Waals surface area contributed by atoms with Crippen molar-refractivity contribution in [3.63, 3.8) is 0 Å². The van der Waals surface area contributed by atoms with E-state index in [1.165, 1.54) is 0 Å². The molecule has 1 N–H and O–H groups in total. The van der Waals surface area contributed by atoms with E-state index in [0.717, 1.165) is 11.3 Å². The van der Waals surface area contributed by atoms with Crippen molar-refractivity contribution in [3.8, 4) is 0 Å². The van der Waals surface area contributed by atoms with Crippen LogP contribution in [-0.2, 0) is 4.74 Å². The summed E-state index contributed by atoms with van der Waals surface area (Å²) >= 11 is 0. The van der Waals surface area contributed by atoms with Gasteiger partial charge in [0.15, 0.2) is 0 Å². The van der Waals surface area contributed by atoms with Crippen molar-refractivity contribution in [2.75, 3.05) is 11.9 Å². The molecule has 1 atom stereocenters. The molecule has 0 radical (unpaired) electrons. The third-order valence-electron chi connectivity index (χ3n) is 3.04. The van der Waals surface area contributed by atoms with Crippen LogP contribution in [0.2, 0.25) is 0 Å². The van der Waals surface area contributed by atoms with Gasteiger partial charge in [-0.05, 0) is 18.2 Å². The number of benzene rings is 2. The summed E-state index contributed by atoms with van der Waals surface area (Å²) < 4.78 is 5.52. The molecular weight excluding hydrogens is 226 g/mol. The molecule has 0 bridgehead atoms. The van der Waals surface area contributed by atoms with Crippen LogP contribution in [0.5, 0.6) is 0 Å². The number of fused-ring (bicyclic) bond motifs is 1. The summed E-state index contributed by atoms with van der Waals surface area (Å²) in [6, 6.07) is 17.0.